The quantitative estimate of drug-likeness (QED) is 0.129. The van der Waals surface area contributed by atoms with Crippen LogP contribution in [0.5, 0.6) is 0 Å². The van der Waals surface area contributed by atoms with Gasteiger partial charge in [-0.05, 0) is 58.4 Å². The third-order valence-corrected chi connectivity index (χ3v) is 11.4. The van der Waals surface area contributed by atoms with Crippen LogP contribution in [0.15, 0.2) is 156 Å². The molecular formula is C42H35N5O3. The standard InChI is InChI=1S/C42H35N5O3/c48-38-40(32-19-9-3-10-20-32)29-41(39(45-27-13-14-28-45)46(44-43-41)34-23-25-35(26-24-34)47(49)50)42(38,33-21-11-4-12-22-33)37(31-17-7-2-8-18-31)36(40)30-15-5-1-6-16-30/h1-12,15-26,39H,13-14,27-29H2/t39-,40+,41-,42+/m0/s1. The number of nitrogens with zero attached hydrogens (tertiary/aromatic N) is 5. The van der Waals surface area contributed by atoms with Crippen LogP contribution >= 0.6 is 0 Å². The van der Waals surface area contributed by atoms with Crippen LogP contribution in [0.25, 0.3) is 11.1 Å². The second-order valence-corrected chi connectivity index (χ2v) is 13.7. The predicted octanol–water partition coefficient (Wildman–Crippen LogP) is 8.42. The van der Waals surface area contributed by atoms with Crippen LogP contribution in [0, 0.1) is 10.1 Å². The molecule has 9 rings (SSSR count). The summed E-state index contributed by atoms with van der Waals surface area (Å²) in [5.41, 5.74) is 3.17. The van der Waals surface area contributed by atoms with Gasteiger partial charge in [0.25, 0.3) is 5.69 Å². The van der Waals surface area contributed by atoms with Crippen molar-refractivity contribution in [3.63, 3.8) is 0 Å². The maximum atomic E-state index is 16.4. The van der Waals surface area contributed by atoms with E-state index in [-0.39, 0.29) is 16.4 Å². The number of Topliss-reactive ketones (excluding diaryl/α,β-unsaturated/α-hetero) is 1. The average molecular weight is 658 g/mol. The highest BCUT2D eigenvalue weighted by Crippen LogP contribution is 2.74. The lowest BCUT2D eigenvalue weighted by Crippen LogP contribution is -2.64. The number of fused-ring (bicyclic) bond motifs is 3. The number of hydrogen-bond acceptors (Lipinski definition) is 7. The minimum absolute atomic E-state index is 0.0120. The van der Waals surface area contributed by atoms with Gasteiger partial charge in [-0.3, -0.25) is 19.8 Å². The first-order chi connectivity index (χ1) is 24.5. The lowest BCUT2D eigenvalue weighted by molar-refractivity contribution is -0.384. The second-order valence-electron chi connectivity index (χ2n) is 13.7. The van der Waals surface area contributed by atoms with E-state index in [0.717, 1.165) is 59.3 Å². The fourth-order valence-corrected chi connectivity index (χ4v) is 9.53. The molecule has 8 nitrogen and oxygen atoms in total. The number of anilines is 1. The second kappa shape index (κ2) is 11.4. The molecular weight excluding hydrogens is 622 g/mol. The Balaban J connectivity index is 1.41. The van der Waals surface area contributed by atoms with Gasteiger partial charge in [-0.15, -0.1) is 0 Å². The Bertz CT molecular complexity index is 2150. The van der Waals surface area contributed by atoms with E-state index in [4.69, 9.17) is 10.3 Å². The number of benzene rings is 5. The predicted molar refractivity (Wildman–Crippen MR) is 193 cm³/mol. The smallest absolute Gasteiger partial charge is 0.269 e. The van der Waals surface area contributed by atoms with Crippen LogP contribution in [0.3, 0.4) is 0 Å². The number of carbonyl (C=O) groups excluding carboxylic acids is 1. The van der Waals surface area contributed by atoms with Crippen molar-refractivity contribution in [2.45, 2.75) is 41.8 Å². The van der Waals surface area contributed by atoms with E-state index in [2.05, 4.69) is 53.4 Å². The van der Waals surface area contributed by atoms with Gasteiger partial charge >= 0.3 is 0 Å². The van der Waals surface area contributed by atoms with Crippen LogP contribution in [0.4, 0.5) is 11.4 Å². The molecule has 2 fully saturated rings. The molecule has 5 aromatic rings. The molecule has 4 aliphatic rings. The fraction of sp³-hybridized carbons (Fsp3) is 0.214. The first kappa shape index (κ1) is 30.3. The van der Waals surface area contributed by atoms with Crippen molar-refractivity contribution in [2.75, 3.05) is 18.1 Å². The highest BCUT2D eigenvalue weighted by Gasteiger charge is 2.82. The van der Waals surface area contributed by atoms with Gasteiger partial charge in [-0.2, -0.15) is 5.11 Å². The number of rotatable bonds is 7. The molecule has 2 heterocycles. The number of allylic oxidation sites excluding steroid dienone is 1. The molecule has 8 heteroatoms. The summed E-state index contributed by atoms with van der Waals surface area (Å²) in [7, 11) is 0. The maximum absolute atomic E-state index is 16.4. The fourth-order valence-electron chi connectivity index (χ4n) is 9.53. The lowest BCUT2D eigenvalue weighted by atomic mass is 9.57. The number of nitro groups is 1. The van der Waals surface area contributed by atoms with E-state index < -0.39 is 22.5 Å². The van der Waals surface area contributed by atoms with Crippen molar-refractivity contribution in [2.24, 2.45) is 10.3 Å². The normalized spacial score (nSPS) is 27.2. The Labute approximate surface area is 290 Å². The average Bonchev–Trinajstić information content (AvgIpc) is 3.93. The van der Waals surface area contributed by atoms with Crippen molar-refractivity contribution in [1.29, 1.82) is 0 Å². The molecule has 1 saturated heterocycles. The molecule has 0 amide bonds. The summed E-state index contributed by atoms with van der Waals surface area (Å²) in [5.74, 6) is 0.105. The summed E-state index contributed by atoms with van der Waals surface area (Å²) >= 11 is 0. The Morgan fingerprint density at radius 1 is 0.660 bits per heavy atom. The van der Waals surface area contributed by atoms with Gasteiger partial charge in [0.15, 0.2) is 5.78 Å². The molecule has 5 aromatic carbocycles. The van der Waals surface area contributed by atoms with Gasteiger partial charge < -0.3 is 0 Å². The molecule has 50 heavy (non-hydrogen) atoms. The summed E-state index contributed by atoms with van der Waals surface area (Å²) in [4.78, 5) is 30.1. The number of nitro benzene ring substituents is 1. The largest absolute Gasteiger partial charge is 0.297 e. The summed E-state index contributed by atoms with van der Waals surface area (Å²) < 4.78 is 0. The zero-order chi connectivity index (χ0) is 33.9. The van der Waals surface area contributed by atoms with Crippen molar-refractivity contribution in [3.8, 4) is 0 Å². The van der Waals surface area contributed by atoms with E-state index in [0.29, 0.717) is 12.1 Å². The molecule has 0 N–H and O–H groups in total. The zero-order valence-corrected chi connectivity index (χ0v) is 27.4. The molecule has 246 valence electrons. The van der Waals surface area contributed by atoms with E-state index in [1.54, 1.807) is 12.1 Å². The highest BCUT2D eigenvalue weighted by molar-refractivity contribution is 6.30. The Kier molecular flexibility index (Phi) is 6.93. The van der Waals surface area contributed by atoms with Gasteiger partial charge in [0.05, 0.1) is 16.0 Å². The maximum Gasteiger partial charge on any atom is 0.269 e. The molecule has 0 radical (unpaired) electrons. The zero-order valence-electron chi connectivity index (χ0n) is 27.4. The first-order valence-corrected chi connectivity index (χ1v) is 17.2. The van der Waals surface area contributed by atoms with Crippen LogP contribution in [-0.4, -0.2) is 40.4 Å². The van der Waals surface area contributed by atoms with E-state index >= 15 is 4.79 Å². The lowest BCUT2D eigenvalue weighted by Gasteiger charge is -2.50. The summed E-state index contributed by atoms with van der Waals surface area (Å²) in [6.45, 7) is 1.66. The third kappa shape index (κ3) is 3.99. The number of ketones is 1. The molecule has 1 saturated carbocycles. The van der Waals surface area contributed by atoms with Crippen LogP contribution in [0.2, 0.25) is 0 Å². The van der Waals surface area contributed by atoms with E-state index in [1.165, 1.54) is 12.1 Å². The molecule has 2 bridgehead atoms. The molecule has 0 unspecified atom stereocenters. The van der Waals surface area contributed by atoms with Gasteiger partial charge in [-0.1, -0.05) is 127 Å². The number of hydrogen-bond donors (Lipinski definition) is 0. The molecule has 1 spiro atoms. The van der Waals surface area contributed by atoms with E-state index in [9.17, 15) is 10.1 Å². The number of likely N-dealkylation sites (tertiary alicyclic amines) is 1. The Hall–Kier alpha value is -5.73. The first-order valence-electron chi connectivity index (χ1n) is 17.2. The highest BCUT2D eigenvalue weighted by atomic mass is 16.6. The van der Waals surface area contributed by atoms with Gasteiger partial charge in [0.2, 0.25) is 0 Å². The molecule has 2 aliphatic carbocycles. The summed E-state index contributed by atoms with van der Waals surface area (Å²) in [6.07, 6.45) is 2.02. The summed E-state index contributed by atoms with van der Waals surface area (Å²) in [5, 5.41) is 23.9. The molecule has 2 aliphatic heterocycles. The minimum atomic E-state index is -1.23. The van der Waals surface area contributed by atoms with Gasteiger partial charge in [-0.25, -0.2) is 5.01 Å². The number of non-ortho nitro benzene ring substituents is 1. The monoisotopic (exact) mass is 657 g/mol. The SMILES string of the molecule is O=C1[C@@]2(c3ccccc3)C[C@@]3(N=NN(c4ccc([N+](=O)[O-])cc4)[C@@H]3N3CCCC3)[C@]1(c1ccccc1)C(c1ccccc1)=C2c1ccccc1. The van der Waals surface area contributed by atoms with E-state index in [1.807, 2.05) is 77.8 Å². The topological polar surface area (TPSA) is 91.4 Å². The third-order valence-electron chi connectivity index (χ3n) is 11.4. The van der Waals surface area contributed by atoms with Crippen molar-refractivity contribution < 1.29 is 9.72 Å². The van der Waals surface area contributed by atoms with Crippen molar-refractivity contribution in [3.05, 3.63) is 178 Å². The van der Waals surface area contributed by atoms with Gasteiger partial charge in [0, 0.05) is 31.6 Å². The van der Waals surface area contributed by atoms with Crippen molar-refractivity contribution in [1.82, 2.24) is 4.90 Å². The molecule has 4 atom stereocenters. The molecule has 0 aromatic heterocycles. The van der Waals surface area contributed by atoms with Crippen molar-refractivity contribution >= 4 is 28.3 Å². The van der Waals surface area contributed by atoms with Crippen LogP contribution in [0.1, 0.15) is 41.5 Å². The van der Waals surface area contributed by atoms with Crippen LogP contribution in [-0.2, 0) is 15.6 Å². The summed E-state index contributed by atoms with van der Waals surface area (Å²) in [6, 6.07) is 47.6. The van der Waals surface area contributed by atoms with Crippen LogP contribution < -0.4 is 5.01 Å². The number of carbonyl (C=O) groups is 1. The Morgan fingerprint density at radius 2 is 1.18 bits per heavy atom. The Morgan fingerprint density at radius 3 is 1.74 bits per heavy atom. The van der Waals surface area contributed by atoms with Gasteiger partial charge in [0.1, 0.15) is 17.1 Å². The minimum Gasteiger partial charge on any atom is -0.297 e.